The molecule has 144 valence electrons. The molecule has 0 bridgehead atoms. The second-order valence-electron chi connectivity index (χ2n) is 7.21. The Hall–Kier alpha value is -2.44. The Labute approximate surface area is 171 Å². The largest absolute Gasteiger partial charge is 0.477 e. The van der Waals surface area contributed by atoms with Crippen molar-refractivity contribution in [3.63, 3.8) is 0 Å². The normalized spacial score (nSPS) is 17.0. The summed E-state index contributed by atoms with van der Waals surface area (Å²) in [5, 5.41) is 14.6. The Morgan fingerprint density at radius 1 is 1.18 bits per heavy atom. The molecule has 6 heteroatoms. The van der Waals surface area contributed by atoms with Crippen LogP contribution in [0.1, 0.15) is 23.3 Å². The molecule has 1 aromatic heterocycles. The summed E-state index contributed by atoms with van der Waals surface area (Å²) in [5.41, 5.74) is 1.20. The van der Waals surface area contributed by atoms with Gasteiger partial charge in [0, 0.05) is 22.0 Å². The number of fused-ring (bicyclic) bond motifs is 1. The van der Waals surface area contributed by atoms with Crippen LogP contribution in [0.15, 0.2) is 57.8 Å². The fraction of sp³-hybridized carbons (Fsp3) is 0.273. The van der Waals surface area contributed by atoms with Gasteiger partial charge in [-0.25, -0.2) is 4.79 Å². The Balaban J connectivity index is 2.04. The zero-order chi connectivity index (χ0) is 19.7. The Bertz CT molecular complexity index is 1090. The van der Waals surface area contributed by atoms with Crippen LogP contribution in [-0.2, 0) is 6.54 Å². The number of carboxylic acid groups (broad SMARTS) is 1. The van der Waals surface area contributed by atoms with E-state index >= 15 is 0 Å². The van der Waals surface area contributed by atoms with E-state index in [-0.39, 0.29) is 17.2 Å². The number of rotatable bonds is 4. The van der Waals surface area contributed by atoms with E-state index in [1.54, 1.807) is 6.07 Å². The van der Waals surface area contributed by atoms with Gasteiger partial charge in [0.05, 0.1) is 0 Å². The van der Waals surface area contributed by atoms with Crippen LogP contribution in [-0.4, -0.2) is 28.7 Å². The van der Waals surface area contributed by atoms with Gasteiger partial charge < -0.3 is 15.0 Å². The van der Waals surface area contributed by atoms with Gasteiger partial charge in [-0.1, -0.05) is 46.3 Å². The molecule has 2 N–H and O–H groups in total. The minimum absolute atomic E-state index is 0.0624. The van der Waals surface area contributed by atoms with E-state index in [0.717, 1.165) is 36.0 Å². The number of nitrogens with zero attached hydrogens (tertiary/aromatic N) is 1. The van der Waals surface area contributed by atoms with Crippen LogP contribution >= 0.6 is 15.9 Å². The first kappa shape index (κ1) is 18.9. The fourth-order valence-corrected chi connectivity index (χ4v) is 4.41. The van der Waals surface area contributed by atoms with Crippen molar-refractivity contribution >= 4 is 32.7 Å². The molecule has 0 radical (unpaired) electrons. The first-order valence-corrected chi connectivity index (χ1v) is 10.2. The SMILES string of the molecule is O=C(O)c1c(-c2ccccc2)c2cc(Br)ccc2c(=O)n1CC1CCCNC1. The number of halogens is 1. The third kappa shape index (κ3) is 3.50. The van der Waals surface area contributed by atoms with Gasteiger partial charge in [0.25, 0.3) is 5.56 Å². The first-order valence-electron chi connectivity index (χ1n) is 9.41. The maximum atomic E-state index is 13.3. The molecule has 1 unspecified atom stereocenters. The molecule has 1 atom stereocenters. The minimum atomic E-state index is -1.08. The number of benzene rings is 2. The maximum Gasteiger partial charge on any atom is 0.353 e. The molecule has 1 aliphatic rings. The van der Waals surface area contributed by atoms with Gasteiger partial charge in [0.15, 0.2) is 0 Å². The quantitative estimate of drug-likeness (QED) is 0.639. The lowest BCUT2D eigenvalue weighted by Crippen LogP contribution is -2.36. The number of piperidine rings is 1. The lowest BCUT2D eigenvalue weighted by molar-refractivity contribution is 0.0683. The molecule has 1 saturated heterocycles. The van der Waals surface area contributed by atoms with Gasteiger partial charge in [-0.2, -0.15) is 0 Å². The van der Waals surface area contributed by atoms with Crippen LogP contribution in [0.5, 0.6) is 0 Å². The van der Waals surface area contributed by atoms with Crippen molar-refractivity contribution in [1.82, 2.24) is 9.88 Å². The summed E-state index contributed by atoms with van der Waals surface area (Å²) in [4.78, 5) is 25.6. The summed E-state index contributed by atoms with van der Waals surface area (Å²) in [6.07, 6.45) is 2.02. The highest BCUT2D eigenvalue weighted by atomic mass is 79.9. The van der Waals surface area contributed by atoms with E-state index in [4.69, 9.17) is 0 Å². The number of hydrogen-bond donors (Lipinski definition) is 2. The number of hydrogen-bond acceptors (Lipinski definition) is 3. The standard InChI is InChI=1S/C22H21BrN2O3/c23-16-8-9-17-18(11-16)19(15-6-2-1-3-7-15)20(22(27)28)25(21(17)26)13-14-5-4-10-24-12-14/h1-3,6-9,11,14,24H,4-5,10,12-13H2,(H,27,28). The van der Waals surface area contributed by atoms with Gasteiger partial charge in [-0.3, -0.25) is 4.79 Å². The number of carbonyl (C=O) groups is 1. The topological polar surface area (TPSA) is 71.3 Å². The van der Waals surface area contributed by atoms with E-state index < -0.39 is 5.97 Å². The second kappa shape index (κ2) is 7.89. The van der Waals surface area contributed by atoms with E-state index in [0.29, 0.717) is 22.9 Å². The van der Waals surface area contributed by atoms with Crippen molar-refractivity contribution in [3.8, 4) is 11.1 Å². The van der Waals surface area contributed by atoms with Gasteiger partial charge in [0.1, 0.15) is 5.69 Å². The zero-order valence-electron chi connectivity index (χ0n) is 15.3. The van der Waals surface area contributed by atoms with Crippen molar-refractivity contribution in [3.05, 3.63) is 69.1 Å². The van der Waals surface area contributed by atoms with Crippen molar-refractivity contribution in [2.45, 2.75) is 19.4 Å². The summed E-state index contributed by atoms with van der Waals surface area (Å²) in [5.74, 6) is -0.845. The molecule has 1 aliphatic heterocycles. The van der Waals surface area contributed by atoms with Crippen molar-refractivity contribution in [2.75, 3.05) is 13.1 Å². The molecule has 3 aromatic rings. The molecule has 2 aromatic carbocycles. The number of nitrogens with one attached hydrogen (secondary N) is 1. The zero-order valence-corrected chi connectivity index (χ0v) is 16.9. The second-order valence-corrected chi connectivity index (χ2v) is 8.13. The highest BCUT2D eigenvalue weighted by Gasteiger charge is 2.25. The van der Waals surface area contributed by atoms with Crippen molar-refractivity contribution < 1.29 is 9.90 Å². The van der Waals surface area contributed by atoms with Crippen LogP contribution in [0.4, 0.5) is 0 Å². The lowest BCUT2D eigenvalue weighted by atomic mass is 9.95. The number of pyridine rings is 1. The molecule has 2 heterocycles. The van der Waals surface area contributed by atoms with Gasteiger partial charge in [-0.05, 0) is 61.0 Å². The predicted molar refractivity (Wildman–Crippen MR) is 114 cm³/mol. The van der Waals surface area contributed by atoms with Crippen molar-refractivity contribution in [2.24, 2.45) is 5.92 Å². The number of aromatic nitrogens is 1. The molecule has 0 aliphatic carbocycles. The summed E-state index contributed by atoms with van der Waals surface area (Å²) in [7, 11) is 0. The highest BCUT2D eigenvalue weighted by molar-refractivity contribution is 9.10. The molecule has 1 fully saturated rings. The van der Waals surface area contributed by atoms with Crippen molar-refractivity contribution in [1.29, 1.82) is 0 Å². The van der Waals surface area contributed by atoms with E-state index in [9.17, 15) is 14.7 Å². The molecule has 5 nitrogen and oxygen atoms in total. The van der Waals surface area contributed by atoms with Crippen LogP contribution in [0, 0.1) is 5.92 Å². The predicted octanol–water partition coefficient (Wildman–Crippen LogP) is 4.13. The number of aromatic carboxylic acids is 1. The van der Waals surface area contributed by atoms with Crippen LogP contribution in [0.3, 0.4) is 0 Å². The smallest absolute Gasteiger partial charge is 0.353 e. The highest BCUT2D eigenvalue weighted by Crippen LogP contribution is 2.33. The Morgan fingerprint density at radius 2 is 1.96 bits per heavy atom. The Kier molecular flexibility index (Phi) is 5.33. The van der Waals surface area contributed by atoms with E-state index in [2.05, 4.69) is 21.2 Å². The summed E-state index contributed by atoms with van der Waals surface area (Å²) in [6, 6.07) is 14.9. The average molecular weight is 441 g/mol. The monoisotopic (exact) mass is 440 g/mol. The van der Waals surface area contributed by atoms with E-state index in [1.807, 2.05) is 42.5 Å². The summed E-state index contributed by atoms with van der Waals surface area (Å²) >= 11 is 3.46. The fourth-order valence-electron chi connectivity index (χ4n) is 4.05. The third-order valence-electron chi connectivity index (χ3n) is 5.34. The third-order valence-corrected chi connectivity index (χ3v) is 5.83. The summed E-state index contributed by atoms with van der Waals surface area (Å²) in [6.45, 7) is 2.17. The van der Waals surface area contributed by atoms with Gasteiger partial charge in [0.2, 0.25) is 0 Å². The number of carboxylic acids is 1. The molecule has 0 amide bonds. The van der Waals surface area contributed by atoms with Gasteiger partial charge in [-0.15, -0.1) is 0 Å². The summed E-state index contributed by atoms with van der Waals surface area (Å²) < 4.78 is 2.28. The molecule has 0 spiro atoms. The Morgan fingerprint density at radius 3 is 2.64 bits per heavy atom. The van der Waals surface area contributed by atoms with E-state index in [1.165, 1.54) is 4.57 Å². The van der Waals surface area contributed by atoms with Crippen LogP contribution < -0.4 is 10.9 Å². The molecule has 28 heavy (non-hydrogen) atoms. The molecule has 0 saturated carbocycles. The first-order chi connectivity index (χ1) is 13.6. The molecular weight excluding hydrogens is 420 g/mol. The van der Waals surface area contributed by atoms with Crippen LogP contribution in [0.25, 0.3) is 21.9 Å². The average Bonchev–Trinajstić information content (AvgIpc) is 2.71. The van der Waals surface area contributed by atoms with Gasteiger partial charge >= 0.3 is 5.97 Å². The minimum Gasteiger partial charge on any atom is -0.477 e. The molecular formula is C22H21BrN2O3. The lowest BCUT2D eigenvalue weighted by Gasteiger charge is -2.25. The molecule has 4 rings (SSSR count). The maximum absolute atomic E-state index is 13.3. The van der Waals surface area contributed by atoms with Crippen LogP contribution in [0.2, 0.25) is 0 Å².